The predicted octanol–water partition coefficient (Wildman–Crippen LogP) is 14.4. The first-order chi connectivity index (χ1) is 25.3. The number of benzene rings is 8. The molecule has 0 N–H and O–H groups in total. The van der Waals surface area contributed by atoms with E-state index in [0.717, 1.165) is 55.7 Å². The zero-order valence-electron chi connectivity index (χ0n) is 27.7. The molecule has 10 rings (SSSR count). The quantitative estimate of drug-likeness (QED) is 0.175. The van der Waals surface area contributed by atoms with Gasteiger partial charge < -0.3 is 9.32 Å². The summed E-state index contributed by atoms with van der Waals surface area (Å²) >= 11 is 1.86. The highest BCUT2D eigenvalue weighted by Crippen LogP contribution is 2.49. The Morgan fingerprint density at radius 1 is 0.392 bits per heavy atom. The third kappa shape index (κ3) is 5.01. The smallest absolute Gasteiger partial charge is 0.136 e. The van der Waals surface area contributed by atoms with Crippen molar-refractivity contribution in [3.8, 4) is 33.4 Å². The molecule has 10 aromatic rings. The summed E-state index contributed by atoms with van der Waals surface area (Å²) in [5, 5.41) is 4.82. The summed E-state index contributed by atoms with van der Waals surface area (Å²) in [7, 11) is 0. The number of hydrogen-bond acceptors (Lipinski definition) is 3. The number of fused-ring (bicyclic) bond motifs is 6. The summed E-state index contributed by atoms with van der Waals surface area (Å²) in [5.41, 5.74) is 12.2. The van der Waals surface area contributed by atoms with Gasteiger partial charge in [0, 0.05) is 37.5 Å². The molecule has 2 heterocycles. The van der Waals surface area contributed by atoms with E-state index in [2.05, 4.69) is 187 Å². The monoisotopic (exact) mass is 669 g/mol. The summed E-state index contributed by atoms with van der Waals surface area (Å²) in [5.74, 6) is 0. The highest BCUT2D eigenvalue weighted by molar-refractivity contribution is 7.26. The lowest BCUT2D eigenvalue weighted by atomic mass is 9.94. The molecule has 0 fully saturated rings. The Bertz CT molecular complexity index is 2850. The molecule has 0 saturated carbocycles. The third-order valence-electron chi connectivity index (χ3n) is 9.89. The lowest BCUT2D eigenvalue weighted by Gasteiger charge is -2.29. The van der Waals surface area contributed by atoms with Crippen molar-refractivity contribution in [2.75, 3.05) is 4.90 Å². The van der Waals surface area contributed by atoms with Crippen LogP contribution in [0.15, 0.2) is 192 Å². The van der Waals surface area contributed by atoms with E-state index in [1.807, 2.05) is 17.4 Å². The maximum atomic E-state index is 6.34. The van der Waals surface area contributed by atoms with E-state index in [0.29, 0.717) is 0 Å². The maximum absolute atomic E-state index is 6.34. The first-order valence-electron chi connectivity index (χ1n) is 17.3. The van der Waals surface area contributed by atoms with E-state index >= 15 is 0 Å². The fourth-order valence-electron chi connectivity index (χ4n) is 7.51. The molecule has 0 aliphatic heterocycles. The maximum Gasteiger partial charge on any atom is 0.136 e. The van der Waals surface area contributed by atoms with Crippen LogP contribution >= 0.6 is 11.3 Å². The number of thiophene rings is 1. The van der Waals surface area contributed by atoms with Crippen molar-refractivity contribution < 1.29 is 4.42 Å². The number of furan rings is 1. The predicted molar refractivity (Wildman–Crippen MR) is 218 cm³/mol. The number of hydrogen-bond donors (Lipinski definition) is 0. The van der Waals surface area contributed by atoms with Crippen molar-refractivity contribution in [3.63, 3.8) is 0 Å². The molecule has 240 valence electrons. The van der Waals surface area contributed by atoms with Crippen molar-refractivity contribution >= 4 is 70.5 Å². The van der Waals surface area contributed by atoms with Crippen LogP contribution < -0.4 is 4.90 Å². The molecule has 0 atom stereocenters. The van der Waals surface area contributed by atoms with Gasteiger partial charge in [0.05, 0.1) is 16.1 Å². The molecule has 0 radical (unpaired) electrons. The molecular weight excluding hydrogens is 639 g/mol. The summed E-state index contributed by atoms with van der Waals surface area (Å²) in [6.45, 7) is 0. The lowest BCUT2D eigenvalue weighted by molar-refractivity contribution is 0.669. The summed E-state index contributed by atoms with van der Waals surface area (Å²) in [6.07, 6.45) is 0. The molecule has 2 aromatic heterocycles. The van der Waals surface area contributed by atoms with Gasteiger partial charge in [-0.3, -0.25) is 0 Å². The zero-order chi connectivity index (χ0) is 33.7. The van der Waals surface area contributed by atoms with Crippen LogP contribution in [0.25, 0.3) is 75.5 Å². The average molecular weight is 670 g/mol. The van der Waals surface area contributed by atoms with Gasteiger partial charge in [-0.1, -0.05) is 146 Å². The first kappa shape index (κ1) is 29.5. The van der Waals surface area contributed by atoms with Crippen LogP contribution in [-0.4, -0.2) is 0 Å². The van der Waals surface area contributed by atoms with Gasteiger partial charge in [0.15, 0.2) is 0 Å². The third-order valence-corrected chi connectivity index (χ3v) is 11.1. The van der Waals surface area contributed by atoms with Crippen LogP contribution in [0.3, 0.4) is 0 Å². The SMILES string of the molecule is c1ccc(-c2ccc(N(c3cc(-c4cccc5oc6ccccc6c45)ccc3-c3ccccc3)c3cccc4c3sc3ccccc34)cc2)cc1. The van der Waals surface area contributed by atoms with E-state index in [-0.39, 0.29) is 0 Å². The van der Waals surface area contributed by atoms with Crippen molar-refractivity contribution in [1.82, 2.24) is 0 Å². The fourth-order valence-corrected chi connectivity index (χ4v) is 8.72. The summed E-state index contributed by atoms with van der Waals surface area (Å²) in [4.78, 5) is 2.46. The second-order valence-corrected chi connectivity index (χ2v) is 13.9. The van der Waals surface area contributed by atoms with Crippen molar-refractivity contribution in [2.24, 2.45) is 0 Å². The second kappa shape index (κ2) is 12.2. The number of para-hydroxylation sites is 1. The van der Waals surface area contributed by atoms with Gasteiger partial charge in [-0.25, -0.2) is 0 Å². The number of rotatable bonds is 6. The average Bonchev–Trinajstić information content (AvgIpc) is 3.78. The Morgan fingerprint density at radius 3 is 1.84 bits per heavy atom. The molecule has 51 heavy (non-hydrogen) atoms. The molecule has 3 heteroatoms. The molecule has 8 aromatic carbocycles. The molecule has 0 aliphatic rings. The molecular formula is C48H31NOS. The number of anilines is 3. The van der Waals surface area contributed by atoms with Crippen molar-refractivity contribution in [2.45, 2.75) is 0 Å². The minimum Gasteiger partial charge on any atom is -0.456 e. The van der Waals surface area contributed by atoms with Crippen LogP contribution in [0.2, 0.25) is 0 Å². The highest BCUT2D eigenvalue weighted by atomic mass is 32.1. The second-order valence-electron chi connectivity index (χ2n) is 12.9. The minimum atomic E-state index is 0.894. The van der Waals surface area contributed by atoms with Gasteiger partial charge in [-0.2, -0.15) is 0 Å². The standard InChI is InChI=1S/C48H31NOS/c1-3-13-32(14-4-1)33-25-28-36(29-26-33)49(42-21-11-20-40-39-17-8-10-24-46(39)51-48(40)42)43-31-35(27-30-37(43)34-15-5-2-6-16-34)38-19-12-23-45-47(38)41-18-7-9-22-44(41)50-45/h1-31H. The Kier molecular flexibility index (Phi) is 7.04. The van der Waals surface area contributed by atoms with E-state index in [1.165, 1.54) is 36.9 Å². The van der Waals surface area contributed by atoms with Gasteiger partial charge in [-0.05, 0) is 70.3 Å². The normalized spacial score (nSPS) is 11.5. The Labute approximate surface area is 300 Å². The van der Waals surface area contributed by atoms with E-state index in [1.54, 1.807) is 0 Å². The topological polar surface area (TPSA) is 16.4 Å². The van der Waals surface area contributed by atoms with Crippen LogP contribution in [0, 0.1) is 0 Å². The summed E-state index contributed by atoms with van der Waals surface area (Å²) in [6, 6.07) is 67.5. The minimum absolute atomic E-state index is 0.894. The largest absolute Gasteiger partial charge is 0.456 e. The highest BCUT2D eigenvalue weighted by Gasteiger charge is 2.23. The van der Waals surface area contributed by atoms with Crippen LogP contribution in [0.5, 0.6) is 0 Å². The van der Waals surface area contributed by atoms with Crippen molar-refractivity contribution in [3.05, 3.63) is 188 Å². The van der Waals surface area contributed by atoms with Crippen LogP contribution in [0.4, 0.5) is 17.1 Å². The van der Waals surface area contributed by atoms with Crippen LogP contribution in [0.1, 0.15) is 0 Å². The zero-order valence-corrected chi connectivity index (χ0v) is 28.5. The molecule has 0 spiro atoms. The molecule has 0 amide bonds. The van der Waals surface area contributed by atoms with E-state index in [9.17, 15) is 0 Å². The molecule has 0 aliphatic carbocycles. The Balaban J connectivity index is 1.26. The van der Waals surface area contributed by atoms with Crippen LogP contribution in [-0.2, 0) is 0 Å². The fraction of sp³-hybridized carbons (Fsp3) is 0. The molecule has 0 unspecified atom stereocenters. The molecule has 0 saturated heterocycles. The Hall–Kier alpha value is -6.42. The summed E-state index contributed by atoms with van der Waals surface area (Å²) < 4.78 is 8.89. The van der Waals surface area contributed by atoms with Gasteiger partial charge in [0.1, 0.15) is 11.2 Å². The van der Waals surface area contributed by atoms with Gasteiger partial charge in [-0.15, -0.1) is 11.3 Å². The number of nitrogens with zero attached hydrogens (tertiary/aromatic N) is 1. The van der Waals surface area contributed by atoms with Gasteiger partial charge in [0.2, 0.25) is 0 Å². The first-order valence-corrected chi connectivity index (χ1v) is 18.1. The van der Waals surface area contributed by atoms with Gasteiger partial charge in [0.25, 0.3) is 0 Å². The van der Waals surface area contributed by atoms with Crippen molar-refractivity contribution in [1.29, 1.82) is 0 Å². The van der Waals surface area contributed by atoms with E-state index < -0.39 is 0 Å². The lowest BCUT2D eigenvalue weighted by Crippen LogP contribution is -2.11. The van der Waals surface area contributed by atoms with Gasteiger partial charge >= 0.3 is 0 Å². The molecule has 0 bridgehead atoms. The Morgan fingerprint density at radius 2 is 1.02 bits per heavy atom. The molecule has 2 nitrogen and oxygen atoms in total. The van der Waals surface area contributed by atoms with E-state index in [4.69, 9.17) is 4.42 Å².